The minimum absolute atomic E-state index is 0.177. The number of nitrogens with two attached hydrogens (primary N) is 1. The highest BCUT2D eigenvalue weighted by Gasteiger charge is 2.22. The first-order valence-corrected chi connectivity index (χ1v) is 13.6. The average Bonchev–Trinajstić information content (AvgIpc) is 3.48. The predicted octanol–water partition coefficient (Wildman–Crippen LogP) is 1.89. The molecule has 3 aromatic heterocycles. The van der Waals surface area contributed by atoms with Crippen LogP contribution in [0.25, 0.3) is 0 Å². The molecule has 12 nitrogen and oxygen atoms in total. The van der Waals surface area contributed by atoms with Crippen LogP contribution in [-0.4, -0.2) is 83.3 Å². The lowest BCUT2D eigenvalue weighted by Crippen LogP contribution is -2.43. The van der Waals surface area contributed by atoms with E-state index < -0.39 is 0 Å². The molecular formula is C26H36N12. The highest BCUT2D eigenvalue weighted by molar-refractivity contribution is 5.73. The van der Waals surface area contributed by atoms with Crippen molar-refractivity contribution in [3.63, 3.8) is 0 Å². The lowest BCUT2D eigenvalue weighted by molar-refractivity contribution is 0.585. The maximum absolute atomic E-state index is 6.19. The minimum Gasteiger partial charge on any atom is -0.368 e. The average molecular weight is 517 g/mol. The van der Waals surface area contributed by atoms with Crippen LogP contribution in [-0.2, 0) is 0 Å². The minimum atomic E-state index is 0.177. The van der Waals surface area contributed by atoms with Crippen molar-refractivity contribution in [3.8, 4) is 0 Å². The molecule has 0 radical (unpaired) electrons. The first kappa shape index (κ1) is 24.6. The molecule has 0 amide bonds. The summed E-state index contributed by atoms with van der Waals surface area (Å²) in [4.78, 5) is 29.8. The van der Waals surface area contributed by atoms with E-state index in [0.717, 1.165) is 88.2 Å². The largest absolute Gasteiger partial charge is 0.368 e. The van der Waals surface area contributed by atoms with Crippen molar-refractivity contribution < 1.29 is 0 Å². The first-order valence-electron chi connectivity index (χ1n) is 13.6. The number of hydrogen-bond acceptors (Lipinski definition) is 12. The normalized spacial score (nSPS) is 18.5. The molecule has 5 heterocycles. The van der Waals surface area contributed by atoms with Crippen LogP contribution >= 0.6 is 0 Å². The van der Waals surface area contributed by atoms with E-state index in [0.29, 0.717) is 17.9 Å². The van der Waals surface area contributed by atoms with Gasteiger partial charge in [-0.15, -0.1) is 0 Å². The van der Waals surface area contributed by atoms with E-state index in [2.05, 4.69) is 60.0 Å². The molecule has 1 saturated carbocycles. The summed E-state index contributed by atoms with van der Waals surface area (Å²) in [7, 11) is 0. The van der Waals surface area contributed by atoms with Crippen LogP contribution in [0.15, 0.2) is 36.7 Å². The Morgan fingerprint density at radius 1 is 0.763 bits per heavy atom. The molecule has 200 valence electrons. The maximum atomic E-state index is 6.19. The van der Waals surface area contributed by atoms with Crippen LogP contribution in [0.2, 0.25) is 0 Å². The highest BCUT2D eigenvalue weighted by atomic mass is 15.3. The van der Waals surface area contributed by atoms with Crippen molar-refractivity contribution in [1.29, 1.82) is 0 Å². The number of nitrogen functional groups attached to an aromatic ring is 1. The Hall–Kier alpha value is -3.77. The number of nitrogens with zero attached hydrogens (tertiary/aromatic N) is 8. The van der Waals surface area contributed by atoms with E-state index in [1.807, 2.05) is 17.3 Å². The zero-order chi connectivity index (χ0) is 25.7. The number of rotatable bonds is 7. The standard InChI is InChI=1S/C26H36N12/c27-24-33-25(32-19-3-1-2-4-19)35-26(34-24)38(20-5-7-22(30-17-20)36-13-9-28-10-14-36)21-6-8-23(31-18-21)37-15-11-29-12-16-37/h5-8,17-19,28-29H,1-4,9-16H2,(H3,27,32,33,34,35). The molecule has 0 atom stereocenters. The van der Waals surface area contributed by atoms with E-state index in [1.54, 1.807) is 0 Å². The highest BCUT2D eigenvalue weighted by Crippen LogP contribution is 2.34. The predicted molar refractivity (Wildman–Crippen MR) is 151 cm³/mol. The fraction of sp³-hybridized carbons (Fsp3) is 0.500. The number of nitrogens with one attached hydrogen (secondary N) is 3. The summed E-state index contributed by atoms with van der Waals surface area (Å²) in [5, 5.41) is 10.2. The number of anilines is 7. The Morgan fingerprint density at radius 3 is 1.82 bits per heavy atom. The molecular weight excluding hydrogens is 480 g/mol. The van der Waals surface area contributed by atoms with Gasteiger partial charge in [0.25, 0.3) is 0 Å². The Bertz CT molecular complexity index is 1120. The molecule has 0 aromatic carbocycles. The van der Waals surface area contributed by atoms with Gasteiger partial charge in [0.05, 0.1) is 23.8 Å². The van der Waals surface area contributed by atoms with Gasteiger partial charge < -0.3 is 31.5 Å². The van der Waals surface area contributed by atoms with E-state index in [1.165, 1.54) is 12.8 Å². The molecule has 3 fully saturated rings. The second kappa shape index (κ2) is 11.3. The molecule has 0 unspecified atom stereocenters. The van der Waals surface area contributed by atoms with Crippen molar-refractivity contribution in [2.24, 2.45) is 0 Å². The van der Waals surface area contributed by atoms with Gasteiger partial charge in [0.2, 0.25) is 17.8 Å². The zero-order valence-electron chi connectivity index (χ0n) is 21.7. The summed E-state index contributed by atoms with van der Waals surface area (Å²) in [5.74, 6) is 3.03. The molecule has 38 heavy (non-hydrogen) atoms. The van der Waals surface area contributed by atoms with Crippen molar-refractivity contribution in [2.75, 3.05) is 78.1 Å². The van der Waals surface area contributed by atoms with Crippen LogP contribution in [0, 0.1) is 0 Å². The second-order valence-electron chi connectivity index (χ2n) is 10.0. The summed E-state index contributed by atoms with van der Waals surface area (Å²) < 4.78 is 0. The SMILES string of the molecule is Nc1nc(NC2CCCC2)nc(N(c2ccc(N3CCNCC3)nc2)c2ccc(N3CCNCC3)nc2)n1. The fourth-order valence-electron chi connectivity index (χ4n) is 5.36. The molecule has 6 rings (SSSR count). The smallest absolute Gasteiger partial charge is 0.241 e. The molecule has 1 aliphatic carbocycles. The fourth-order valence-corrected chi connectivity index (χ4v) is 5.36. The lowest BCUT2D eigenvalue weighted by Gasteiger charge is -2.30. The maximum Gasteiger partial charge on any atom is 0.241 e. The van der Waals surface area contributed by atoms with Gasteiger partial charge in [-0.05, 0) is 37.1 Å². The molecule has 0 bridgehead atoms. The second-order valence-corrected chi connectivity index (χ2v) is 10.0. The summed E-state index contributed by atoms with van der Waals surface area (Å²) >= 11 is 0. The Labute approximate surface area is 223 Å². The third kappa shape index (κ3) is 5.55. The molecule has 12 heteroatoms. The first-order chi connectivity index (χ1) is 18.7. The van der Waals surface area contributed by atoms with Crippen molar-refractivity contribution in [2.45, 2.75) is 31.7 Å². The summed E-state index contributed by atoms with van der Waals surface area (Å²) in [6.07, 6.45) is 8.39. The summed E-state index contributed by atoms with van der Waals surface area (Å²) in [5.41, 5.74) is 7.85. The van der Waals surface area contributed by atoms with Crippen LogP contribution < -0.4 is 36.4 Å². The van der Waals surface area contributed by atoms with Gasteiger partial charge in [0.15, 0.2) is 0 Å². The summed E-state index contributed by atoms with van der Waals surface area (Å²) in [6, 6.07) is 8.58. The monoisotopic (exact) mass is 516 g/mol. The number of piperazine rings is 2. The third-order valence-corrected chi connectivity index (χ3v) is 7.39. The van der Waals surface area contributed by atoms with Gasteiger partial charge >= 0.3 is 0 Å². The van der Waals surface area contributed by atoms with E-state index in [4.69, 9.17) is 20.7 Å². The van der Waals surface area contributed by atoms with Gasteiger partial charge in [-0.25, -0.2) is 9.97 Å². The van der Waals surface area contributed by atoms with Gasteiger partial charge in [0, 0.05) is 58.4 Å². The van der Waals surface area contributed by atoms with E-state index in [9.17, 15) is 0 Å². The van der Waals surface area contributed by atoms with Crippen molar-refractivity contribution in [3.05, 3.63) is 36.7 Å². The van der Waals surface area contributed by atoms with Crippen LogP contribution in [0.1, 0.15) is 25.7 Å². The van der Waals surface area contributed by atoms with Crippen LogP contribution in [0.5, 0.6) is 0 Å². The van der Waals surface area contributed by atoms with Crippen LogP contribution in [0.4, 0.5) is 40.9 Å². The van der Waals surface area contributed by atoms with Gasteiger partial charge in [-0.1, -0.05) is 12.8 Å². The molecule has 2 saturated heterocycles. The van der Waals surface area contributed by atoms with Gasteiger partial charge in [0.1, 0.15) is 11.6 Å². The molecule has 3 aliphatic rings. The number of aromatic nitrogens is 5. The van der Waals surface area contributed by atoms with Crippen molar-refractivity contribution >= 4 is 40.9 Å². The number of pyridine rings is 2. The Balaban J connectivity index is 1.33. The zero-order valence-corrected chi connectivity index (χ0v) is 21.7. The van der Waals surface area contributed by atoms with E-state index >= 15 is 0 Å². The Kier molecular flexibility index (Phi) is 7.31. The van der Waals surface area contributed by atoms with Gasteiger partial charge in [-0.3, -0.25) is 4.90 Å². The van der Waals surface area contributed by atoms with Crippen molar-refractivity contribution in [1.82, 2.24) is 35.6 Å². The number of hydrogen-bond donors (Lipinski definition) is 4. The molecule has 2 aliphatic heterocycles. The quantitative estimate of drug-likeness (QED) is 0.365. The van der Waals surface area contributed by atoms with Gasteiger partial charge in [-0.2, -0.15) is 15.0 Å². The lowest BCUT2D eigenvalue weighted by atomic mass is 10.2. The summed E-state index contributed by atoms with van der Waals surface area (Å²) in [6.45, 7) is 7.59. The van der Waals surface area contributed by atoms with E-state index in [-0.39, 0.29) is 5.95 Å². The molecule has 5 N–H and O–H groups in total. The molecule has 3 aromatic rings. The topological polar surface area (TPSA) is 136 Å². The molecule has 0 spiro atoms. The Morgan fingerprint density at radius 2 is 1.32 bits per heavy atom. The van der Waals surface area contributed by atoms with Crippen LogP contribution in [0.3, 0.4) is 0 Å². The third-order valence-electron chi connectivity index (χ3n) is 7.39.